The summed E-state index contributed by atoms with van der Waals surface area (Å²) >= 11 is 1.41. The maximum absolute atomic E-state index is 12.0. The van der Waals surface area contributed by atoms with Crippen molar-refractivity contribution in [3.05, 3.63) is 11.1 Å². The van der Waals surface area contributed by atoms with Gasteiger partial charge >= 0.3 is 0 Å². The molecule has 7 heteroatoms. The van der Waals surface area contributed by atoms with E-state index in [0.717, 1.165) is 30.7 Å². The van der Waals surface area contributed by atoms with Crippen LogP contribution in [0.3, 0.4) is 0 Å². The minimum absolute atomic E-state index is 0.230. The van der Waals surface area contributed by atoms with Crippen molar-refractivity contribution in [3.63, 3.8) is 0 Å². The number of aliphatic hydroxyl groups excluding tert-OH is 1. The first-order chi connectivity index (χ1) is 10.6. The van der Waals surface area contributed by atoms with E-state index in [2.05, 4.69) is 27.4 Å². The van der Waals surface area contributed by atoms with Gasteiger partial charge in [0.15, 0.2) is 5.13 Å². The van der Waals surface area contributed by atoms with Crippen LogP contribution in [0.2, 0.25) is 0 Å². The first kappa shape index (κ1) is 17.2. The summed E-state index contributed by atoms with van der Waals surface area (Å²) in [6.45, 7) is 7.98. The maximum atomic E-state index is 12.0. The van der Waals surface area contributed by atoms with Crippen molar-refractivity contribution in [3.8, 4) is 0 Å². The Labute approximate surface area is 135 Å². The van der Waals surface area contributed by atoms with E-state index in [1.807, 2.05) is 6.92 Å². The molecule has 2 heterocycles. The van der Waals surface area contributed by atoms with Crippen molar-refractivity contribution in [1.29, 1.82) is 0 Å². The molecule has 1 fully saturated rings. The van der Waals surface area contributed by atoms with E-state index in [0.29, 0.717) is 12.2 Å². The fourth-order valence-corrected chi connectivity index (χ4v) is 3.28. The number of aromatic nitrogens is 1. The zero-order chi connectivity index (χ0) is 15.9. The van der Waals surface area contributed by atoms with Crippen LogP contribution < -0.4 is 10.6 Å². The first-order valence-corrected chi connectivity index (χ1v) is 8.84. The topological polar surface area (TPSA) is 77.5 Å². The second-order valence-electron chi connectivity index (χ2n) is 5.92. The van der Waals surface area contributed by atoms with Crippen molar-refractivity contribution in [2.24, 2.45) is 5.92 Å². The molecule has 1 unspecified atom stereocenters. The lowest BCUT2D eigenvalue weighted by molar-refractivity contribution is 0.0793. The van der Waals surface area contributed by atoms with E-state index in [-0.39, 0.29) is 12.5 Å². The van der Waals surface area contributed by atoms with Crippen LogP contribution in [0.4, 0.5) is 5.13 Å². The number of rotatable bonds is 7. The summed E-state index contributed by atoms with van der Waals surface area (Å²) in [5.41, 5.74) is 0.403. The Bertz CT molecular complexity index is 472. The molecule has 1 aromatic rings. The van der Waals surface area contributed by atoms with Gasteiger partial charge in [-0.25, -0.2) is 4.98 Å². The third kappa shape index (κ3) is 5.23. The molecule has 22 heavy (non-hydrogen) atoms. The highest BCUT2D eigenvalue weighted by Gasteiger charge is 2.19. The summed E-state index contributed by atoms with van der Waals surface area (Å²) in [5, 5.41) is 18.4. The number of hydrogen-bond acceptors (Lipinski definition) is 6. The summed E-state index contributed by atoms with van der Waals surface area (Å²) in [5.74, 6) is 0.551. The van der Waals surface area contributed by atoms with Gasteiger partial charge in [0, 0.05) is 25.0 Å². The Morgan fingerprint density at radius 3 is 2.95 bits per heavy atom. The second-order valence-corrected chi connectivity index (χ2v) is 6.77. The number of likely N-dealkylation sites (tertiary alicyclic amines) is 1. The number of thiazole rings is 1. The van der Waals surface area contributed by atoms with Gasteiger partial charge in [0.2, 0.25) is 0 Å². The molecule has 1 aliphatic rings. The van der Waals surface area contributed by atoms with E-state index >= 15 is 0 Å². The SMILES string of the molecule is CCNc1nc(C(=O)NCC(O)CN2CCC(C)CC2)cs1. The Morgan fingerprint density at radius 2 is 2.27 bits per heavy atom. The molecule has 3 N–H and O–H groups in total. The fraction of sp³-hybridized carbons (Fsp3) is 0.733. The van der Waals surface area contributed by atoms with Crippen LogP contribution in [0.25, 0.3) is 0 Å². The number of anilines is 1. The summed E-state index contributed by atoms with van der Waals surface area (Å²) in [6, 6.07) is 0. The molecule has 1 aromatic heterocycles. The van der Waals surface area contributed by atoms with E-state index in [1.54, 1.807) is 5.38 Å². The zero-order valence-corrected chi connectivity index (χ0v) is 14.2. The molecule has 0 bridgehead atoms. The van der Waals surface area contributed by atoms with E-state index < -0.39 is 6.10 Å². The number of amides is 1. The fourth-order valence-electron chi connectivity index (χ4n) is 2.52. The third-order valence-electron chi connectivity index (χ3n) is 3.91. The Balaban J connectivity index is 1.70. The number of piperidine rings is 1. The molecule has 0 aromatic carbocycles. The molecule has 6 nitrogen and oxygen atoms in total. The zero-order valence-electron chi connectivity index (χ0n) is 13.3. The average molecular weight is 326 g/mol. The van der Waals surface area contributed by atoms with Gasteiger partial charge in [0.1, 0.15) is 5.69 Å². The lowest BCUT2D eigenvalue weighted by atomic mass is 9.99. The van der Waals surface area contributed by atoms with Gasteiger partial charge in [0.05, 0.1) is 6.10 Å². The number of hydrogen-bond donors (Lipinski definition) is 3. The predicted molar refractivity (Wildman–Crippen MR) is 89.5 cm³/mol. The average Bonchev–Trinajstić information content (AvgIpc) is 2.96. The van der Waals surface area contributed by atoms with Gasteiger partial charge in [-0.15, -0.1) is 11.3 Å². The minimum atomic E-state index is -0.538. The normalized spacial score (nSPS) is 18.1. The summed E-state index contributed by atoms with van der Waals surface area (Å²) in [6.07, 6.45) is 1.83. The van der Waals surface area contributed by atoms with Crippen LogP contribution in [-0.4, -0.2) is 59.7 Å². The van der Waals surface area contributed by atoms with Crippen molar-refractivity contribution < 1.29 is 9.90 Å². The molecule has 0 aliphatic carbocycles. The number of nitrogens with one attached hydrogen (secondary N) is 2. The standard InChI is InChI=1S/C15H26N4O2S/c1-3-16-15-18-13(10-22-15)14(21)17-8-12(20)9-19-6-4-11(2)5-7-19/h10-12,20H,3-9H2,1-2H3,(H,16,18)(H,17,21). The number of nitrogens with zero attached hydrogens (tertiary/aromatic N) is 2. The minimum Gasteiger partial charge on any atom is -0.390 e. The Hall–Kier alpha value is -1.18. The third-order valence-corrected chi connectivity index (χ3v) is 4.71. The molecule has 1 aliphatic heterocycles. The van der Waals surface area contributed by atoms with Crippen LogP contribution in [0.5, 0.6) is 0 Å². The van der Waals surface area contributed by atoms with Gasteiger partial charge in [-0.05, 0) is 38.8 Å². The number of aliphatic hydroxyl groups is 1. The van der Waals surface area contributed by atoms with Crippen molar-refractivity contribution in [2.45, 2.75) is 32.8 Å². The van der Waals surface area contributed by atoms with Gasteiger partial charge in [-0.1, -0.05) is 6.92 Å². The number of carbonyl (C=O) groups is 1. The quantitative estimate of drug-likeness (QED) is 0.706. The van der Waals surface area contributed by atoms with E-state index in [1.165, 1.54) is 24.2 Å². The molecule has 1 amide bonds. The van der Waals surface area contributed by atoms with Crippen LogP contribution in [0.1, 0.15) is 37.2 Å². The molecule has 1 atom stereocenters. The van der Waals surface area contributed by atoms with Crippen LogP contribution in [-0.2, 0) is 0 Å². The van der Waals surface area contributed by atoms with E-state index in [4.69, 9.17) is 0 Å². The maximum Gasteiger partial charge on any atom is 0.270 e. The first-order valence-electron chi connectivity index (χ1n) is 7.96. The highest BCUT2D eigenvalue weighted by Crippen LogP contribution is 2.16. The van der Waals surface area contributed by atoms with Gasteiger partial charge in [0.25, 0.3) is 5.91 Å². The van der Waals surface area contributed by atoms with Crippen molar-refractivity contribution >= 4 is 22.4 Å². The molecule has 1 saturated heterocycles. The number of carbonyl (C=O) groups excluding carboxylic acids is 1. The molecule has 0 radical (unpaired) electrons. The van der Waals surface area contributed by atoms with Gasteiger partial charge in [-0.2, -0.15) is 0 Å². The molecule has 0 spiro atoms. The summed E-state index contributed by atoms with van der Waals surface area (Å²) < 4.78 is 0. The van der Waals surface area contributed by atoms with Gasteiger partial charge in [-0.3, -0.25) is 4.79 Å². The monoisotopic (exact) mass is 326 g/mol. The highest BCUT2D eigenvalue weighted by molar-refractivity contribution is 7.13. The summed E-state index contributed by atoms with van der Waals surface area (Å²) in [7, 11) is 0. The summed E-state index contributed by atoms with van der Waals surface area (Å²) in [4.78, 5) is 18.5. The van der Waals surface area contributed by atoms with Crippen molar-refractivity contribution in [2.75, 3.05) is 38.0 Å². The van der Waals surface area contributed by atoms with E-state index in [9.17, 15) is 9.90 Å². The van der Waals surface area contributed by atoms with Crippen LogP contribution in [0.15, 0.2) is 5.38 Å². The lowest BCUT2D eigenvalue weighted by Crippen LogP contribution is -2.43. The molecule has 0 saturated carbocycles. The molecular weight excluding hydrogens is 300 g/mol. The Kier molecular flexibility index (Phi) is 6.60. The smallest absolute Gasteiger partial charge is 0.270 e. The number of β-amino-alcohol motifs (C(OH)–C–C–N with tert-alkyl or cyclic N) is 1. The van der Waals surface area contributed by atoms with Crippen LogP contribution >= 0.6 is 11.3 Å². The van der Waals surface area contributed by atoms with Gasteiger partial charge < -0.3 is 20.6 Å². The van der Waals surface area contributed by atoms with Crippen LogP contribution in [0, 0.1) is 5.92 Å². The highest BCUT2D eigenvalue weighted by atomic mass is 32.1. The lowest BCUT2D eigenvalue weighted by Gasteiger charge is -2.31. The molecule has 2 rings (SSSR count). The second kappa shape index (κ2) is 8.45. The predicted octanol–water partition coefficient (Wildman–Crippen LogP) is 1.40. The molecule has 124 valence electrons. The largest absolute Gasteiger partial charge is 0.390 e. The molecular formula is C15H26N4O2S. The van der Waals surface area contributed by atoms with Crippen molar-refractivity contribution in [1.82, 2.24) is 15.2 Å². The Morgan fingerprint density at radius 1 is 1.55 bits per heavy atom.